The maximum Gasteiger partial charge on any atom is 0.188 e. The van der Waals surface area contributed by atoms with Crippen LogP contribution in [0.5, 0.6) is 0 Å². The summed E-state index contributed by atoms with van der Waals surface area (Å²) < 4.78 is 11.9. The molecule has 0 amide bonds. The number of pyridine rings is 1. The Bertz CT molecular complexity index is 147. The van der Waals surface area contributed by atoms with Gasteiger partial charge in [-0.3, -0.25) is 4.98 Å². The smallest absolute Gasteiger partial charge is 0.188 e. The van der Waals surface area contributed by atoms with Gasteiger partial charge in [0.25, 0.3) is 0 Å². The molecule has 1 heterocycles. The first kappa shape index (κ1) is 5.09. The van der Waals surface area contributed by atoms with Crippen LogP contribution in [0.3, 0.4) is 0 Å². The van der Waals surface area contributed by atoms with Crippen molar-refractivity contribution in [1.82, 2.24) is 4.98 Å². The van der Waals surface area contributed by atoms with E-state index in [4.69, 9.17) is 0 Å². The van der Waals surface area contributed by atoms with Crippen LogP contribution in [-0.4, -0.2) is 4.98 Å². The second-order valence-corrected chi connectivity index (χ2v) is 1.49. The molecule has 8 heavy (non-hydrogen) atoms. The van der Waals surface area contributed by atoms with Crippen LogP contribution >= 0.6 is 0 Å². The van der Waals surface area contributed by atoms with Gasteiger partial charge in [0, 0.05) is 0 Å². The van der Waals surface area contributed by atoms with Crippen LogP contribution in [0.25, 0.3) is 0 Å². The van der Waals surface area contributed by atoms with Gasteiger partial charge in [-0.1, -0.05) is 12.3 Å². The van der Waals surface area contributed by atoms with E-state index in [-0.39, 0.29) is 0 Å². The molecule has 0 aliphatic heterocycles. The summed E-state index contributed by atoms with van der Waals surface area (Å²) in [6, 6.07) is 2.85. The van der Waals surface area contributed by atoms with Crippen LogP contribution in [-0.2, 0) is 0 Å². The number of aromatic nitrogens is 1. The third kappa shape index (κ3) is 0.964. The molecule has 1 rings (SSSR count). The molecule has 42 valence electrons. The van der Waals surface area contributed by atoms with Gasteiger partial charge in [0.05, 0.1) is 0 Å². The summed E-state index contributed by atoms with van der Waals surface area (Å²) in [5.74, 6) is -0.461. The highest BCUT2D eigenvalue weighted by Crippen LogP contribution is 1.94. The Morgan fingerprint density at radius 2 is 2.25 bits per heavy atom. The Labute approximate surface area is 47.2 Å². The lowest BCUT2D eigenvalue weighted by atomic mass is 10.3. The molecule has 0 fully saturated rings. The number of nitrogens with zero attached hydrogens (tertiary/aromatic N) is 1. The first-order chi connectivity index (χ1) is 3.79. The Kier molecular flexibility index (Phi) is 1.16. The van der Waals surface area contributed by atoms with Crippen molar-refractivity contribution in [1.29, 1.82) is 0 Å². The SMILES string of the molecule is [CH2-]c1ccc(F)nc1. The molecule has 1 nitrogen and oxygen atoms in total. The molecule has 0 aromatic carbocycles. The summed E-state index contributed by atoms with van der Waals surface area (Å²) in [7, 11) is 0. The number of hydrogen-bond acceptors (Lipinski definition) is 1. The fraction of sp³-hybridized carbons (Fsp3) is 0. The second-order valence-electron chi connectivity index (χ2n) is 1.49. The zero-order valence-corrected chi connectivity index (χ0v) is 4.26. The van der Waals surface area contributed by atoms with Gasteiger partial charge in [-0.15, -0.1) is 0 Å². The highest BCUT2D eigenvalue weighted by molar-refractivity contribution is 5.11. The van der Waals surface area contributed by atoms with E-state index in [0.717, 1.165) is 5.56 Å². The minimum Gasteiger partial charge on any atom is -0.296 e. The van der Waals surface area contributed by atoms with E-state index < -0.39 is 5.95 Å². The normalized spacial score (nSPS) is 9.12. The highest BCUT2D eigenvalue weighted by atomic mass is 19.1. The Balaban J connectivity index is 3.03. The van der Waals surface area contributed by atoms with E-state index in [1.54, 1.807) is 6.07 Å². The van der Waals surface area contributed by atoms with Gasteiger partial charge >= 0.3 is 0 Å². The molecule has 0 radical (unpaired) electrons. The molecule has 0 bridgehead atoms. The van der Waals surface area contributed by atoms with Crippen molar-refractivity contribution in [3.05, 3.63) is 36.8 Å². The molecule has 0 spiro atoms. The van der Waals surface area contributed by atoms with Crippen LogP contribution in [0.2, 0.25) is 0 Å². The zero-order valence-electron chi connectivity index (χ0n) is 4.26. The Morgan fingerprint density at radius 3 is 2.62 bits per heavy atom. The molecular formula is C6H5FN-. The molecule has 0 aliphatic carbocycles. The van der Waals surface area contributed by atoms with Gasteiger partial charge in [-0.2, -0.15) is 22.9 Å². The summed E-state index contributed by atoms with van der Waals surface area (Å²) in [6.07, 6.45) is 1.38. The minimum absolute atomic E-state index is 0.461. The fourth-order valence-corrected chi connectivity index (χ4v) is 0.406. The lowest BCUT2D eigenvalue weighted by Gasteiger charge is -1.95. The molecule has 0 N–H and O–H groups in total. The third-order valence-corrected chi connectivity index (χ3v) is 0.789. The van der Waals surface area contributed by atoms with E-state index in [1.165, 1.54) is 12.3 Å². The molecular weight excluding hydrogens is 105 g/mol. The molecule has 1 aromatic rings. The van der Waals surface area contributed by atoms with Crippen molar-refractivity contribution in [3.63, 3.8) is 0 Å². The van der Waals surface area contributed by atoms with Gasteiger partial charge in [-0.25, -0.2) is 0 Å². The van der Waals surface area contributed by atoms with E-state index >= 15 is 0 Å². The van der Waals surface area contributed by atoms with Gasteiger partial charge in [0.1, 0.15) is 0 Å². The van der Waals surface area contributed by atoms with Crippen molar-refractivity contribution >= 4 is 0 Å². The summed E-state index contributed by atoms with van der Waals surface area (Å²) in [5, 5.41) is 0. The molecule has 1 aromatic heterocycles. The number of hydrogen-bond donors (Lipinski definition) is 0. The number of rotatable bonds is 0. The highest BCUT2D eigenvalue weighted by Gasteiger charge is 1.77. The van der Waals surface area contributed by atoms with Crippen molar-refractivity contribution in [2.75, 3.05) is 0 Å². The van der Waals surface area contributed by atoms with E-state index in [9.17, 15) is 4.39 Å². The van der Waals surface area contributed by atoms with Crippen molar-refractivity contribution < 1.29 is 4.39 Å². The summed E-state index contributed by atoms with van der Waals surface area (Å²) in [6.45, 7) is 3.53. The van der Waals surface area contributed by atoms with Crippen molar-refractivity contribution in [3.8, 4) is 0 Å². The first-order valence-corrected chi connectivity index (χ1v) is 2.22. The Hall–Kier alpha value is -1.05. The van der Waals surface area contributed by atoms with Crippen LogP contribution in [0, 0.1) is 12.9 Å². The topological polar surface area (TPSA) is 12.9 Å². The van der Waals surface area contributed by atoms with Crippen LogP contribution < -0.4 is 0 Å². The van der Waals surface area contributed by atoms with Crippen LogP contribution in [0.1, 0.15) is 5.56 Å². The lowest BCUT2D eigenvalue weighted by molar-refractivity contribution is 0.583. The largest absolute Gasteiger partial charge is 0.296 e. The monoisotopic (exact) mass is 110 g/mol. The zero-order chi connectivity index (χ0) is 5.98. The predicted octanol–water partition coefficient (Wildman–Crippen LogP) is 1.40. The second kappa shape index (κ2) is 1.82. The maximum absolute atomic E-state index is 11.9. The predicted molar refractivity (Wildman–Crippen MR) is 28.7 cm³/mol. The van der Waals surface area contributed by atoms with E-state index in [0.29, 0.717) is 0 Å². The van der Waals surface area contributed by atoms with E-state index in [2.05, 4.69) is 11.9 Å². The molecule has 0 saturated heterocycles. The standard InChI is InChI=1S/C6H5FN/c1-5-2-3-6(7)8-4-5/h2-4H,1H2/q-1. The fourth-order valence-electron chi connectivity index (χ4n) is 0.406. The van der Waals surface area contributed by atoms with Crippen molar-refractivity contribution in [2.45, 2.75) is 0 Å². The molecule has 2 heteroatoms. The molecule has 0 atom stereocenters. The van der Waals surface area contributed by atoms with Crippen LogP contribution in [0.15, 0.2) is 18.3 Å². The third-order valence-electron chi connectivity index (χ3n) is 0.789. The average Bonchev–Trinajstić information content (AvgIpc) is 1.77. The van der Waals surface area contributed by atoms with Gasteiger partial charge in [0.15, 0.2) is 5.95 Å². The molecule has 0 saturated carbocycles. The summed E-state index contributed by atoms with van der Waals surface area (Å²) >= 11 is 0. The molecule has 0 aliphatic rings. The van der Waals surface area contributed by atoms with Gasteiger partial charge in [-0.05, 0) is 0 Å². The quantitative estimate of drug-likeness (QED) is 0.363. The van der Waals surface area contributed by atoms with Gasteiger partial charge < -0.3 is 0 Å². The lowest BCUT2D eigenvalue weighted by Crippen LogP contribution is -1.79. The van der Waals surface area contributed by atoms with Crippen LogP contribution in [0.4, 0.5) is 4.39 Å². The van der Waals surface area contributed by atoms with Crippen molar-refractivity contribution in [2.24, 2.45) is 0 Å². The van der Waals surface area contributed by atoms with E-state index in [1.807, 2.05) is 0 Å². The summed E-state index contributed by atoms with van der Waals surface area (Å²) in [5.41, 5.74) is 0.728. The minimum atomic E-state index is -0.461. The first-order valence-electron chi connectivity index (χ1n) is 2.22. The Morgan fingerprint density at radius 1 is 1.50 bits per heavy atom. The molecule has 0 unspecified atom stereocenters. The van der Waals surface area contributed by atoms with Gasteiger partial charge in [0.2, 0.25) is 0 Å². The average molecular weight is 110 g/mol. The number of halogens is 1. The maximum atomic E-state index is 11.9. The summed E-state index contributed by atoms with van der Waals surface area (Å²) in [4.78, 5) is 3.35.